The number of carbonyl (C=O) groups is 1. The van der Waals surface area contributed by atoms with Gasteiger partial charge in [0.15, 0.2) is 0 Å². The minimum atomic E-state index is -0.477. The number of piperidine rings is 1. The predicted molar refractivity (Wildman–Crippen MR) is 67.4 cm³/mol. The van der Waals surface area contributed by atoms with Crippen LogP contribution in [0.25, 0.3) is 0 Å². The van der Waals surface area contributed by atoms with Crippen LogP contribution in [0.15, 0.2) is 0 Å². The first-order chi connectivity index (χ1) is 7.31. The summed E-state index contributed by atoms with van der Waals surface area (Å²) in [7, 11) is 0. The van der Waals surface area contributed by atoms with Gasteiger partial charge >= 0.3 is 6.09 Å². The number of rotatable bonds is 1. The molecule has 4 nitrogen and oxygen atoms in total. The minimum Gasteiger partial charge on any atom is -0.444 e. The molecule has 0 aromatic heterocycles. The maximum absolute atomic E-state index is 11.9. The normalized spacial score (nSPS) is 21.7. The van der Waals surface area contributed by atoms with Crippen LogP contribution in [0.2, 0.25) is 0 Å². The van der Waals surface area contributed by atoms with Crippen LogP contribution in [0, 0.1) is 0 Å². The molecule has 0 aromatic carbocycles. The molecule has 1 fully saturated rings. The molecule has 16 heavy (non-hydrogen) atoms. The van der Waals surface area contributed by atoms with Gasteiger partial charge in [-0.3, -0.25) is 4.90 Å². The second kappa shape index (κ2) is 4.99. The second-order valence-electron chi connectivity index (χ2n) is 5.09. The smallest absolute Gasteiger partial charge is 0.410 e. The van der Waals surface area contributed by atoms with E-state index < -0.39 is 5.60 Å². The van der Waals surface area contributed by atoms with Gasteiger partial charge in [0.1, 0.15) is 5.60 Å². The van der Waals surface area contributed by atoms with Crippen molar-refractivity contribution in [1.29, 1.82) is 0 Å². The molecule has 1 atom stereocenters. The number of thiocarbonyl (C=S) groups is 1. The van der Waals surface area contributed by atoms with Gasteiger partial charge in [-0.25, -0.2) is 4.79 Å². The first-order valence-electron chi connectivity index (χ1n) is 5.60. The van der Waals surface area contributed by atoms with Gasteiger partial charge in [-0.15, -0.1) is 0 Å². The molecule has 0 spiro atoms. The van der Waals surface area contributed by atoms with Crippen molar-refractivity contribution < 1.29 is 9.53 Å². The summed E-state index contributed by atoms with van der Waals surface area (Å²) in [6.07, 6.45) is 2.57. The number of hydrogen-bond donors (Lipinski definition) is 1. The number of carbonyl (C=O) groups excluding carboxylic acids is 1. The fourth-order valence-corrected chi connectivity index (χ4v) is 2.01. The third-order valence-corrected chi connectivity index (χ3v) is 2.73. The summed E-state index contributed by atoms with van der Waals surface area (Å²) in [5, 5.41) is 0. The first-order valence-corrected chi connectivity index (χ1v) is 6.01. The number of hydrogen-bond acceptors (Lipinski definition) is 3. The third-order valence-electron chi connectivity index (χ3n) is 2.46. The largest absolute Gasteiger partial charge is 0.444 e. The van der Waals surface area contributed by atoms with E-state index in [2.05, 4.69) is 0 Å². The van der Waals surface area contributed by atoms with Crippen LogP contribution in [0.4, 0.5) is 4.79 Å². The maximum Gasteiger partial charge on any atom is 0.410 e. The quantitative estimate of drug-likeness (QED) is 0.717. The fraction of sp³-hybridized carbons (Fsp3) is 0.818. The Labute approximate surface area is 102 Å². The number of amides is 1. The molecule has 1 saturated heterocycles. The fourth-order valence-electron chi connectivity index (χ4n) is 1.77. The minimum absolute atomic E-state index is 0.140. The summed E-state index contributed by atoms with van der Waals surface area (Å²) in [6.45, 7) is 6.23. The second-order valence-corrected chi connectivity index (χ2v) is 5.56. The number of ether oxygens (including phenoxy) is 1. The number of nitrogens with zero attached hydrogens (tertiary/aromatic N) is 1. The average molecular weight is 244 g/mol. The molecule has 5 heteroatoms. The lowest BCUT2D eigenvalue weighted by molar-refractivity contribution is 0.0168. The highest BCUT2D eigenvalue weighted by Crippen LogP contribution is 2.20. The number of nitrogens with two attached hydrogens (primary N) is 1. The predicted octanol–water partition coefficient (Wildman–Crippen LogP) is 2.06. The molecule has 92 valence electrons. The molecule has 1 heterocycles. The molecule has 0 unspecified atom stereocenters. The Morgan fingerprint density at radius 1 is 1.44 bits per heavy atom. The zero-order valence-corrected chi connectivity index (χ0v) is 11.0. The lowest BCUT2D eigenvalue weighted by Crippen LogP contribution is -2.51. The Hall–Kier alpha value is -0.840. The molecular formula is C11H20N2O2S. The summed E-state index contributed by atoms with van der Waals surface area (Å²) in [4.78, 5) is 13.9. The van der Waals surface area contributed by atoms with Crippen LogP contribution in [0.1, 0.15) is 40.0 Å². The van der Waals surface area contributed by atoms with E-state index in [-0.39, 0.29) is 12.1 Å². The summed E-state index contributed by atoms with van der Waals surface area (Å²) in [6, 6.07) is -0.140. The van der Waals surface area contributed by atoms with Gasteiger partial charge < -0.3 is 10.5 Å². The Balaban J connectivity index is 2.68. The first kappa shape index (κ1) is 13.2. The van der Waals surface area contributed by atoms with E-state index in [4.69, 9.17) is 22.7 Å². The van der Waals surface area contributed by atoms with Crippen molar-refractivity contribution in [3.63, 3.8) is 0 Å². The van der Waals surface area contributed by atoms with Crippen LogP contribution in [0.5, 0.6) is 0 Å². The van der Waals surface area contributed by atoms with Crippen LogP contribution in [0.3, 0.4) is 0 Å². The number of likely N-dealkylation sites (tertiary alicyclic amines) is 1. The summed E-state index contributed by atoms with van der Waals surface area (Å²) < 4.78 is 5.33. The summed E-state index contributed by atoms with van der Waals surface area (Å²) in [5.41, 5.74) is 5.16. The average Bonchev–Trinajstić information content (AvgIpc) is 2.15. The molecule has 1 amide bonds. The molecule has 0 bridgehead atoms. The van der Waals surface area contributed by atoms with E-state index in [1.54, 1.807) is 4.90 Å². The zero-order chi connectivity index (χ0) is 12.3. The highest BCUT2D eigenvalue weighted by atomic mass is 32.1. The summed E-state index contributed by atoms with van der Waals surface area (Å²) in [5.74, 6) is 0. The van der Waals surface area contributed by atoms with Crippen LogP contribution in [-0.2, 0) is 4.74 Å². The van der Waals surface area contributed by atoms with E-state index in [0.717, 1.165) is 19.3 Å². The van der Waals surface area contributed by atoms with E-state index in [1.807, 2.05) is 20.8 Å². The standard InChI is InChI=1S/C11H20N2O2S/c1-11(2,3)15-10(14)13-7-5-4-6-8(13)9(12)16/h8H,4-7H2,1-3H3,(H2,12,16)/t8-/m0/s1. The highest BCUT2D eigenvalue weighted by Gasteiger charge is 2.31. The van der Waals surface area contributed by atoms with Gasteiger partial charge in [-0.1, -0.05) is 12.2 Å². The molecule has 0 radical (unpaired) electrons. The van der Waals surface area contributed by atoms with Crippen molar-refractivity contribution in [2.45, 2.75) is 51.7 Å². The molecule has 0 saturated carbocycles. The molecule has 0 aromatic rings. The maximum atomic E-state index is 11.9. The molecule has 1 rings (SSSR count). The van der Waals surface area contributed by atoms with Crippen LogP contribution < -0.4 is 5.73 Å². The van der Waals surface area contributed by atoms with Gasteiger partial charge in [-0.2, -0.15) is 0 Å². The topological polar surface area (TPSA) is 55.6 Å². The SMILES string of the molecule is CC(C)(C)OC(=O)N1CCCC[C@H]1C(N)=S. The Bertz CT molecular complexity index is 286. The highest BCUT2D eigenvalue weighted by molar-refractivity contribution is 7.80. The van der Waals surface area contributed by atoms with Gasteiger partial charge in [0, 0.05) is 6.54 Å². The summed E-state index contributed by atoms with van der Waals surface area (Å²) >= 11 is 4.98. The molecule has 0 aliphatic carbocycles. The molecular weight excluding hydrogens is 224 g/mol. The van der Waals surface area contributed by atoms with E-state index in [0.29, 0.717) is 11.5 Å². The Kier molecular flexibility index (Phi) is 4.13. The van der Waals surface area contributed by atoms with Crippen LogP contribution in [-0.4, -0.2) is 34.2 Å². The Morgan fingerprint density at radius 3 is 2.56 bits per heavy atom. The van der Waals surface area contributed by atoms with Crippen molar-refractivity contribution in [2.24, 2.45) is 5.73 Å². The molecule has 2 N–H and O–H groups in total. The van der Waals surface area contributed by atoms with Crippen molar-refractivity contribution in [2.75, 3.05) is 6.54 Å². The molecule has 1 aliphatic heterocycles. The van der Waals surface area contributed by atoms with Gasteiger partial charge in [0.2, 0.25) is 0 Å². The lowest BCUT2D eigenvalue weighted by atomic mass is 10.0. The van der Waals surface area contributed by atoms with Crippen molar-refractivity contribution >= 4 is 23.3 Å². The van der Waals surface area contributed by atoms with Crippen molar-refractivity contribution in [3.05, 3.63) is 0 Å². The van der Waals surface area contributed by atoms with E-state index >= 15 is 0 Å². The van der Waals surface area contributed by atoms with Crippen LogP contribution >= 0.6 is 12.2 Å². The van der Waals surface area contributed by atoms with E-state index in [9.17, 15) is 4.79 Å². The lowest BCUT2D eigenvalue weighted by Gasteiger charge is -2.36. The molecule has 1 aliphatic rings. The van der Waals surface area contributed by atoms with Gasteiger partial charge in [0.25, 0.3) is 0 Å². The zero-order valence-electron chi connectivity index (χ0n) is 10.2. The monoisotopic (exact) mass is 244 g/mol. The van der Waals surface area contributed by atoms with Gasteiger partial charge in [-0.05, 0) is 40.0 Å². The van der Waals surface area contributed by atoms with Gasteiger partial charge in [0.05, 0.1) is 11.0 Å². The Morgan fingerprint density at radius 2 is 2.06 bits per heavy atom. The van der Waals surface area contributed by atoms with Crippen molar-refractivity contribution in [3.8, 4) is 0 Å². The van der Waals surface area contributed by atoms with Crippen molar-refractivity contribution in [1.82, 2.24) is 4.90 Å². The van der Waals surface area contributed by atoms with E-state index in [1.165, 1.54) is 0 Å². The third kappa shape index (κ3) is 3.63.